The van der Waals surface area contributed by atoms with Crippen LogP contribution in [0.5, 0.6) is 5.75 Å². The summed E-state index contributed by atoms with van der Waals surface area (Å²) in [6.45, 7) is 5.81. The van der Waals surface area contributed by atoms with Crippen LogP contribution in [0.25, 0.3) is 0 Å². The molecule has 1 aliphatic rings. The molecular formula is C23H27N3O3. The SMILES string of the molecule is C=CCOc1cccc(NC(=O)CNc2ccc(C(=O)N3CCCCC3)cc2)c1. The first kappa shape index (κ1) is 20.5. The molecule has 6 nitrogen and oxygen atoms in total. The van der Waals surface area contributed by atoms with Gasteiger partial charge in [-0.15, -0.1) is 0 Å². The number of nitrogens with one attached hydrogen (secondary N) is 2. The molecule has 3 rings (SSSR count). The molecule has 1 aliphatic heterocycles. The van der Waals surface area contributed by atoms with Crippen molar-refractivity contribution in [3.8, 4) is 5.75 Å². The van der Waals surface area contributed by atoms with Crippen LogP contribution in [0.1, 0.15) is 29.6 Å². The molecule has 0 aliphatic carbocycles. The van der Waals surface area contributed by atoms with E-state index < -0.39 is 0 Å². The predicted octanol–water partition coefficient (Wildman–Crippen LogP) is 3.93. The summed E-state index contributed by atoms with van der Waals surface area (Å²) in [5, 5.41) is 5.91. The number of carbonyl (C=O) groups is 2. The number of hydrogen-bond acceptors (Lipinski definition) is 4. The van der Waals surface area contributed by atoms with Gasteiger partial charge >= 0.3 is 0 Å². The van der Waals surface area contributed by atoms with Crippen LogP contribution in [0.4, 0.5) is 11.4 Å². The Balaban J connectivity index is 1.48. The van der Waals surface area contributed by atoms with Gasteiger partial charge in [-0.05, 0) is 55.7 Å². The Hall–Kier alpha value is -3.28. The molecule has 0 spiro atoms. The van der Waals surface area contributed by atoms with Crippen LogP contribution >= 0.6 is 0 Å². The van der Waals surface area contributed by atoms with Crippen molar-refractivity contribution in [2.75, 3.05) is 36.9 Å². The fourth-order valence-electron chi connectivity index (χ4n) is 3.22. The molecule has 1 fully saturated rings. The molecule has 1 heterocycles. The molecule has 29 heavy (non-hydrogen) atoms. The van der Waals surface area contributed by atoms with Crippen LogP contribution in [-0.4, -0.2) is 43.0 Å². The Labute approximate surface area is 171 Å². The second-order valence-electron chi connectivity index (χ2n) is 6.96. The number of rotatable bonds is 8. The standard InChI is InChI=1S/C23H27N3O3/c1-2-15-29-21-8-6-7-20(16-21)25-22(27)17-24-19-11-9-18(10-12-19)23(28)26-13-4-3-5-14-26/h2,6-12,16,24H,1,3-5,13-15,17H2,(H,25,27). The first-order chi connectivity index (χ1) is 14.2. The molecule has 0 atom stereocenters. The molecule has 152 valence electrons. The second-order valence-corrected chi connectivity index (χ2v) is 6.96. The number of nitrogens with zero attached hydrogens (tertiary/aromatic N) is 1. The maximum absolute atomic E-state index is 12.5. The van der Waals surface area contributed by atoms with E-state index in [2.05, 4.69) is 17.2 Å². The highest BCUT2D eigenvalue weighted by atomic mass is 16.5. The smallest absolute Gasteiger partial charge is 0.253 e. The second kappa shape index (κ2) is 10.3. The van der Waals surface area contributed by atoms with E-state index >= 15 is 0 Å². The van der Waals surface area contributed by atoms with Crippen molar-refractivity contribution in [2.45, 2.75) is 19.3 Å². The summed E-state index contributed by atoms with van der Waals surface area (Å²) in [5.74, 6) is 0.580. The predicted molar refractivity (Wildman–Crippen MR) is 115 cm³/mol. The van der Waals surface area contributed by atoms with Crippen molar-refractivity contribution in [1.82, 2.24) is 4.90 Å². The fourth-order valence-corrected chi connectivity index (χ4v) is 3.22. The van der Waals surface area contributed by atoms with Gasteiger partial charge in [0.15, 0.2) is 0 Å². The number of amides is 2. The lowest BCUT2D eigenvalue weighted by Gasteiger charge is -2.26. The van der Waals surface area contributed by atoms with Crippen molar-refractivity contribution >= 4 is 23.2 Å². The highest BCUT2D eigenvalue weighted by Crippen LogP contribution is 2.18. The summed E-state index contributed by atoms with van der Waals surface area (Å²) >= 11 is 0. The van der Waals surface area contributed by atoms with Crippen LogP contribution in [0.15, 0.2) is 61.2 Å². The van der Waals surface area contributed by atoms with Gasteiger partial charge in [-0.2, -0.15) is 0 Å². The molecule has 0 aromatic heterocycles. The van der Waals surface area contributed by atoms with Gasteiger partial charge in [0.2, 0.25) is 5.91 Å². The monoisotopic (exact) mass is 393 g/mol. The average molecular weight is 393 g/mol. The molecule has 0 bridgehead atoms. The number of piperidine rings is 1. The zero-order valence-corrected chi connectivity index (χ0v) is 16.5. The minimum Gasteiger partial charge on any atom is -0.489 e. The highest BCUT2D eigenvalue weighted by Gasteiger charge is 2.17. The summed E-state index contributed by atoms with van der Waals surface area (Å²) in [5.41, 5.74) is 2.14. The van der Waals surface area contributed by atoms with Crippen LogP contribution in [-0.2, 0) is 4.79 Å². The van der Waals surface area contributed by atoms with E-state index in [1.54, 1.807) is 30.3 Å². The lowest BCUT2D eigenvalue weighted by atomic mass is 10.1. The number of anilines is 2. The molecule has 1 saturated heterocycles. The van der Waals surface area contributed by atoms with E-state index in [0.717, 1.165) is 31.6 Å². The minimum atomic E-state index is -0.167. The van der Waals surface area contributed by atoms with Gasteiger partial charge in [0.1, 0.15) is 12.4 Å². The first-order valence-corrected chi connectivity index (χ1v) is 9.92. The largest absolute Gasteiger partial charge is 0.489 e. The number of ether oxygens (including phenoxy) is 1. The summed E-state index contributed by atoms with van der Waals surface area (Å²) in [6.07, 6.45) is 5.01. The summed E-state index contributed by atoms with van der Waals surface area (Å²) < 4.78 is 5.46. The Morgan fingerprint density at radius 1 is 1.03 bits per heavy atom. The van der Waals surface area contributed by atoms with Crippen molar-refractivity contribution in [1.29, 1.82) is 0 Å². The molecular weight excluding hydrogens is 366 g/mol. The normalized spacial score (nSPS) is 13.4. The maximum Gasteiger partial charge on any atom is 0.253 e. The zero-order chi connectivity index (χ0) is 20.5. The van der Waals surface area contributed by atoms with Gasteiger partial charge in [-0.25, -0.2) is 0 Å². The third-order valence-corrected chi connectivity index (χ3v) is 4.71. The van der Waals surface area contributed by atoms with Crippen LogP contribution < -0.4 is 15.4 Å². The Kier molecular flexibility index (Phi) is 7.28. The topological polar surface area (TPSA) is 70.7 Å². The van der Waals surface area contributed by atoms with E-state index in [-0.39, 0.29) is 18.4 Å². The van der Waals surface area contributed by atoms with E-state index in [4.69, 9.17) is 4.74 Å². The average Bonchev–Trinajstić information content (AvgIpc) is 2.77. The zero-order valence-electron chi connectivity index (χ0n) is 16.5. The Morgan fingerprint density at radius 2 is 1.79 bits per heavy atom. The Bertz CT molecular complexity index is 843. The Morgan fingerprint density at radius 3 is 2.52 bits per heavy atom. The lowest BCUT2D eigenvalue weighted by molar-refractivity contribution is -0.114. The van der Waals surface area contributed by atoms with Crippen molar-refractivity contribution in [3.05, 3.63) is 66.7 Å². The van der Waals surface area contributed by atoms with Gasteiger partial charge < -0.3 is 20.3 Å². The van der Waals surface area contributed by atoms with E-state index in [1.807, 2.05) is 29.2 Å². The summed E-state index contributed by atoms with van der Waals surface area (Å²) in [4.78, 5) is 26.6. The molecule has 0 radical (unpaired) electrons. The van der Waals surface area contributed by atoms with E-state index in [1.165, 1.54) is 6.42 Å². The number of likely N-dealkylation sites (tertiary alicyclic amines) is 1. The van der Waals surface area contributed by atoms with E-state index in [0.29, 0.717) is 23.6 Å². The van der Waals surface area contributed by atoms with Crippen molar-refractivity contribution < 1.29 is 14.3 Å². The molecule has 2 amide bonds. The van der Waals surface area contributed by atoms with Crippen molar-refractivity contribution in [3.63, 3.8) is 0 Å². The van der Waals surface area contributed by atoms with Crippen LogP contribution in [0.2, 0.25) is 0 Å². The van der Waals surface area contributed by atoms with Gasteiger partial charge in [0.25, 0.3) is 5.91 Å². The molecule has 2 N–H and O–H groups in total. The van der Waals surface area contributed by atoms with Gasteiger partial charge in [-0.3, -0.25) is 9.59 Å². The lowest BCUT2D eigenvalue weighted by Crippen LogP contribution is -2.35. The third kappa shape index (κ3) is 6.10. The summed E-state index contributed by atoms with van der Waals surface area (Å²) in [6, 6.07) is 14.5. The van der Waals surface area contributed by atoms with Gasteiger partial charge in [-0.1, -0.05) is 18.7 Å². The highest BCUT2D eigenvalue weighted by molar-refractivity contribution is 5.95. The van der Waals surface area contributed by atoms with E-state index in [9.17, 15) is 9.59 Å². The van der Waals surface area contributed by atoms with Gasteiger partial charge in [0, 0.05) is 36.1 Å². The minimum absolute atomic E-state index is 0.0764. The fraction of sp³-hybridized carbons (Fsp3) is 0.304. The molecule has 6 heteroatoms. The number of carbonyl (C=O) groups excluding carboxylic acids is 2. The number of benzene rings is 2. The molecule has 0 saturated carbocycles. The quantitative estimate of drug-likeness (QED) is 0.667. The third-order valence-electron chi connectivity index (χ3n) is 4.71. The number of hydrogen-bond donors (Lipinski definition) is 2. The molecule has 0 unspecified atom stereocenters. The van der Waals surface area contributed by atoms with Crippen LogP contribution in [0, 0.1) is 0 Å². The first-order valence-electron chi connectivity index (χ1n) is 9.92. The van der Waals surface area contributed by atoms with Gasteiger partial charge in [0.05, 0.1) is 6.54 Å². The maximum atomic E-state index is 12.5. The van der Waals surface area contributed by atoms with Crippen molar-refractivity contribution in [2.24, 2.45) is 0 Å². The molecule has 2 aromatic carbocycles. The summed E-state index contributed by atoms with van der Waals surface area (Å²) in [7, 11) is 0. The molecule has 2 aromatic rings. The van der Waals surface area contributed by atoms with Crippen LogP contribution in [0.3, 0.4) is 0 Å².